The van der Waals surface area contributed by atoms with Crippen LogP contribution in [0.1, 0.15) is 55.8 Å². The number of anilines is 2. The summed E-state index contributed by atoms with van der Waals surface area (Å²) in [4.78, 5) is 20.5. The molecule has 1 saturated carbocycles. The van der Waals surface area contributed by atoms with E-state index in [0.29, 0.717) is 5.92 Å². The molecule has 2 aromatic carbocycles. The Kier molecular flexibility index (Phi) is 6.65. The highest BCUT2D eigenvalue weighted by Gasteiger charge is 2.33. The molecule has 0 aromatic heterocycles. The lowest BCUT2D eigenvalue weighted by Gasteiger charge is -2.28. The van der Waals surface area contributed by atoms with Crippen molar-refractivity contribution in [2.75, 3.05) is 62.3 Å². The van der Waals surface area contributed by atoms with E-state index in [1.54, 1.807) is 0 Å². The fourth-order valence-corrected chi connectivity index (χ4v) is 5.89. The first-order chi connectivity index (χ1) is 15.8. The van der Waals surface area contributed by atoms with Crippen LogP contribution in [0.15, 0.2) is 30.3 Å². The van der Waals surface area contributed by atoms with Gasteiger partial charge in [0.15, 0.2) is 0 Å². The van der Waals surface area contributed by atoms with Gasteiger partial charge in [0.05, 0.1) is 12.3 Å². The predicted molar refractivity (Wildman–Crippen MR) is 132 cm³/mol. The molecule has 1 amide bonds. The summed E-state index contributed by atoms with van der Waals surface area (Å²) in [6, 6.07) is 10.8. The highest BCUT2D eigenvalue weighted by Crippen LogP contribution is 2.42. The largest absolute Gasteiger partial charge is 0.380 e. The van der Waals surface area contributed by atoms with Crippen molar-refractivity contribution in [3.8, 4) is 0 Å². The van der Waals surface area contributed by atoms with E-state index in [1.165, 1.54) is 48.6 Å². The average Bonchev–Trinajstić information content (AvgIpc) is 2.97. The molecule has 2 fully saturated rings. The third-order valence-corrected chi connectivity index (χ3v) is 7.61. The van der Waals surface area contributed by atoms with Gasteiger partial charge in [0.1, 0.15) is 0 Å². The molecule has 5 heteroatoms. The van der Waals surface area contributed by atoms with Crippen LogP contribution in [0.5, 0.6) is 0 Å². The summed E-state index contributed by atoms with van der Waals surface area (Å²) in [5, 5.41) is 2.41. The molecule has 2 aliphatic heterocycles. The first kappa shape index (κ1) is 21.7. The Morgan fingerprint density at radius 1 is 0.938 bits per heavy atom. The molecule has 5 rings (SSSR count). The van der Waals surface area contributed by atoms with Crippen LogP contribution in [-0.2, 0) is 4.74 Å². The second kappa shape index (κ2) is 9.80. The van der Waals surface area contributed by atoms with Gasteiger partial charge in [-0.3, -0.25) is 9.69 Å². The van der Waals surface area contributed by atoms with Crippen LogP contribution >= 0.6 is 0 Å². The lowest BCUT2D eigenvalue weighted by molar-refractivity contribution is 0.0987. The van der Waals surface area contributed by atoms with E-state index in [2.05, 4.69) is 45.9 Å². The molecular weight excluding hydrogens is 398 g/mol. The van der Waals surface area contributed by atoms with Crippen molar-refractivity contribution < 1.29 is 9.53 Å². The molecule has 0 unspecified atom stereocenters. The summed E-state index contributed by atoms with van der Waals surface area (Å²) in [6.07, 6.45) is 7.64. The van der Waals surface area contributed by atoms with Gasteiger partial charge in [0.25, 0.3) is 5.91 Å². The molecule has 0 atom stereocenters. The highest BCUT2D eigenvalue weighted by atomic mass is 16.5. The van der Waals surface area contributed by atoms with E-state index in [-0.39, 0.29) is 5.91 Å². The number of nitrogens with zero attached hydrogens (tertiary/aromatic N) is 3. The number of rotatable bonds is 7. The molecule has 0 radical (unpaired) electrons. The monoisotopic (exact) mass is 435 g/mol. The minimum absolute atomic E-state index is 0.200. The van der Waals surface area contributed by atoms with Gasteiger partial charge in [-0.15, -0.1) is 0 Å². The van der Waals surface area contributed by atoms with Gasteiger partial charge < -0.3 is 14.5 Å². The quantitative estimate of drug-likeness (QED) is 0.578. The normalized spacial score (nSPS) is 20.3. The van der Waals surface area contributed by atoms with Gasteiger partial charge in [-0.25, -0.2) is 0 Å². The van der Waals surface area contributed by atoms with Crippen molar-refractivity contribution in [1.82, 2.24) is 4.90 Å². The van der Waals surface area contributed by atoms with Crippen LogP contribution in [0.4, 0.5) is 11.4 Å². The van der Waals surface area contributed by atoms with Gasteiger partial charge in [0.2, 0.25) is 0 Å². The maximum Gasteiger partial charge on any atom is 0.259 e. The Balaban J connectivity index is 1.38. The van der Waals surface area contributed by atoms with E-state index in [9.17, 15) is 4.79 Å². The molecule has 172 valence electrons. The second-order valence-electron chi connectivity index (χ2n) is 9.63. The molecule has 1 aliphatic carbocycles. The third-order valence-electron chi connectivity index (χ3n) is 7.61. The van der Waals surface area contributed by atoms with Gasteiger partial charge in [0, 0.05) is 61.4 Å². The van der Waals surface area contributed by atoms with E-state index in [1.807, 2.05) is 6.07 Å². The zero-order chi connectivity index (χ0) is 21.9. The Hall–Kier alpha value is -2.11. The van der Waals surface area contributed by atoms with Crippen LogP contribution < -0.4 is 9.80 Å². The molecule has 32 heavy (non-hydrogen) atoms. The standard InChI is InChI=1S/C27H37N3O2/c1-2-32-19-18-28-14-7-15-29(17-16-28)24-12-13-25-26-22(24)10-6-11-23(26)27(31)30(25)20-21-8-4-3-5-9-21/h6,10-13,21H,2-5,7-9,14-20H2,1H3. The molecule has 0 N–H and O–H groups in total. The molecule has 1 saturated heterocycles. The number of hydrogen-bond donors (Lipinski definition) is 0. The fourth-order valence-electron chi connectivity index (χ4n) is 5.89. The molecule has 0 spiro atoms. The SMILES string of the molecule is CCOCCN1CCCN(c2ccc3c4c(cccc24)C(=O)N3CC2CCCCC2)CC1. The lowest BCUT2D eigenvalue weighted by atomic mass is 9.89. The van der Waals surface area contributed by atoms with Gasteiger partial charge in [-0.05, 0) is 56.8 Å². The van der Waals surface area contributed by atoms with Crippen LogP contribution in [0.2, 0.25) is 0 Å². The predicted octanol–water partition coefficient (Wildman–Crippen LogP) is 4.93. The fraction of sp³-hybridized carbons (Fsp3) is 0.593. The zero-order valence-corrected chi connectivity index (χ0v) is 19.5. The summed E-state index contributed by atoms with van der Waals surface area (Å²) >= 11 is 0. The molecule has 2 aromatic rings. The van der Waals surface area contributed by atoms with Gasteiger partial charge in [-0.1, -0.05) is 31.4 Å². The number of carbonyl (C=O) groups is 1. The number of benzene rings is 2. The van der Waals surface area contributed by atoms with Crippen LogP contribution in [-0.4, -0.2) is 63.3 Å². The van der Waals surface area contributed by atoms with Crippen molar-refractivity contribution in [2.24, 2.45) is 5.92 Å². The molecule has 5 nitrogen and oxygen atoms in total. The zero-order valence-electron chi connectivity index (χ0n) is 19.5. The minimum Gasteiger partial charge on any atom is -0.380 e. The third kappa shape index (κ3) is 4.25. The van der Waals surface area contributed by atoms with Crippen LogP contribution in [0.25, 0.3) is 10.8 Å². The Morgan fingerprint density at radius 3 is 2.62 bits per heavy atom. The molecule has 2 heterocycles. The Labute approximate surface area is 192 Å². The van der Waals surface area contributed by atoms with E-state index < -0.39 is 0 Å². The molecule has 3 aliphatic rings. The van der Waals surface area contributed by atoms with Gasteiger partial charge in [-0.2, -0.15) is 0 Å². The van der Waals surface area contributed by atoms with Crippen molar-refractivity contribution in [2.45, 2.75) is 45.4 Å². The first-order valence-electron chi connectivity index (χ1n) is 12.7. The summed E-state index contributed by atoms with van der Waals surface area (Å²) in [6.45, 7) is 9.81. The van der Waals surface area contributed by atoms with Crippen molar-refractivity contribution in [3.63, 3.8) is 0 Å². The Morgan fingerprint density at radius 2 is 1.78 bits per heavy atom. The van der Waals surface area contributed by atoms with E-state index in [4.69, 9.17) is 4.74 Å². The Bertz CT molecular complexity index is 953. The minimum atomic E-state index is 0.200. The van der Waals surface area contributed by atoms with Crippen molar-refractivity contribution in [3.05, 3.63) is 35.9 Å². The van der Waals surface area contributed by atoms with Crippen molar-refractivity contribution >= 4 is 28.1 Å². The molecule has 0 bridgehead atoms. The lowest BCUT2D eigenvalue weighted by Crippen LogP contribution is -2.33. The van der Waals surface area contributed by atoms with Crippen LogP contribution in [0, 0.1) is 5.92 Å². The first-order valence-corrected chi connectivity index (χ1v) is 12.7. The van der Waals surface area contributed by atoms with Crippen molar-refractivity contribution in [1.29, 1.82) is 0 Å². The summed E-state index contributed by atoms with van der Waals surface area (Å²) in [5.41, 5.74) is 3.30. The maximum absolute atomic E-state index is 13.4. The van der Waals surface area contributed by atoms with Crippen LogP contribution in [0.3, 0.4) is 0 Å². The van der Waals surface area contributed by atoms with Gasteiger partial charge >= 0.3 is 0 Å². The van der Waals surface area contributed by atoms with E-state index >= 15 is 0 Å². The highest BCUT2D eigenvalue weighted by molar-refractivity contribution is 6.26. The number of ether oxygens (including phenoxy) is 1. The topological polar surface area (TPSA) is 36.0 Å². The second-order valence-corrected chi connectivity index (χ2v) is 9.63. The number of hydrogen-bond acceptors (Lipinski definition) is 4. The summed E-state index contributed by atoms with van der Waals surface area (Å²) in [5.74, 6) is 0.844. The maximum atomic E-state index is 13.4. The number of amides is 1. The smallest absolute Gasteiger partial charge is 0.259 e. The number of carbonyl (C=O) groups excluding carboxylic acids is 1. The van der Waals surface area contributed by atoms with E-state index in [0.717, 1.165) is 70.2 Å². The average molecular weight is 436 g/mol. The summed E-state index contributed by atoms with van der Waals surface area (Å²) < 4.78 is 5.56. The summed E-state index contributed by atoms with van der Waals surface area (Å²) in [7, 11) is 0. The molecular formula is C27H37N3O2.